The molecule has 0 aliphatic heterocycles. The normalized spacial score (nSPS) is 14.5. The molecule has 0 bridgehead atoms. The molecule has 1 aromatic carbocycles. The molecule has 0 unspecified atom stereocenters. The highest BCUT2D eigenvalue weighted by molar-refractivity contribution is 6.04. The number of rotatable bonds is 7. The summed E-state index contributed by atoms with van der Waals surface area (Å²) in [7, 11) is 0. The fourth-order valence-electron chi connectivity index (χ4n) is 3.57. The van der Waals surface area contributed by atoms with Crippen LogP contribution in [0.3, 0.4) is 0 Å². The van der Waals surface area contributed by atoms with Gasteiger partial charge in [0.25, 0.3) is 5.91 Å². The zero-order valence-electron chi connectivity index (χ0n) is 15.6. The number of carbonyl (C=O) groups excluding carboxylic acids is 2. The third-order valence-electron chi connectivity index (χ3n) is 5.12. The number of hydrogen-bond acceptors (Lipinski definition) is 3. The Labute approximate surface area is 160 Å². The topological polar surface area (TPSA) is 71.1 Å². The molecule has 3 rings (SSSR count). The maximum Gasteiger partial charge on any atom is 0.255 e. The molecule has 1 heterocycles. The van der Waals surface area contributed by atoms with E-state index in [2.05, 4.69) is 15.6 Å². The Hall–Kier alpha value is -2.69. The van der Waals surface area contributed by atoms with Gasteiger partial charge in [-0.15, -0.1) is 0 Å². The lowest BCUT2D eigenvalue weighted by Gasteiger charge is -2.21. The first-order valence-corrected chi connectivity index (χ1v) is 9.78. The van der Waals surface area contributed by atoms with Gasteiger partial charge in [-0.2, -0.15) is 0 Å². The van der Waals surface area contributed by atoms with Crippen LogP contribution < -0.4 is 10.6 Å². The Morgan fingerprint density at radius 3 is 2.59 bits per heavy atom. The van der Waals surface area contributed by atoms with E-state index in [1.165, 1.54) is 32.1 Å². The second-order valence-electron chi connectivity index (χ2n) is 7.21. The lowest BCUT2D eigenvalue weighted by atomic mass is 9.86. The summed E-state index contributed by atoms with van der Waals surface area (Å²) < 4.78 is 0. The van der Waals surface area contributed by atoms with Gasteiger partial charge >= 0.3 is 0 Å². The van der Waals surface area contributed by atoms with Crippen molar-refractivity contribution in [1.82, 2.24) is 10.3 Å². The fraction of sp³-hybridized carbons (Fsp3) is 0.409. The zero-order chi connectivity index (χ0) is 18.9. The van der Waals surface area contributed by atoms with Crippen LogP contribution in [-0.4, -0.2) is 16.8 Å². The van der Waals surface area contributed by atoms with Gasteiger partial charge in [-0.25, -0.2) is 0 Å². The number of nitrogens with zero attached hydrogens (tertiary/aromatic N) is 1. The standard InChI is InChI=1S/C22H27N3O2/c26-21(10-9-17-5-2-1-3-6-17)24-16-18-7-4-8-20(15-18)25-22(27)19-11-13-23-14-12-19/h4,7-8,11-15,17H,1-3,5-6,9-10,16H2,(H,24,26)(H,25,27). The van der Waals surface area contributed by atoms with Gasteiger partial charge in [0, 0.05) is 36.6 Å². The van der Waals surface area contributed by atoms with E-state index in [0.717, 1.165) is 17.9 Å². The minimum Gasteiger partial charge on any atom is -0.352 e. The smallest absolute Gasteiger partial charge is 0.255 e. The SMILES string of the molecule is O=C(CCC1CCCCC1)NCc1cccc(NC(=O)c2ccncc2)c1. The van der Waals surface area contributed by atoms with Crippen LogP contribution >= 0.6 is 0 Å². The molecule has 2 amide bonds. The highest BCUT2D eigenvalue weighted by Gasteiger charge is 2.14. The number of hydrogen-bond donors (Lipinski definition) is 2. The first-order valence-electron chi connectivity index (χ1n) is 9.78. The van der Waals surface area contributed by atoms with Crippen LogP contribution in [0.2, 0.25) is 0 Å². The van der Waals surface area contributed by atoms with Crippen molar-refractivity contribution in [3.63, 3.8) is 0 Å². The maximum absolute atomic E-state index is 12.2. The fourth-order valence-corrected chi connectivity index (χ4v) is 3.57. The summed E-state index contributed by atoms with van der Waals surface area (Å²) in [5.74, 6) is 0.647. The number of benzene rings is 1. The van der Waals surface area contributed by atoms with Gasteiger partial charge in [0.05, 0.1) is 0 Å². The first-order chi connectivity index (χ1) is 13.2. The summed E-state index contributed by atoms with van der Waals surface area (Å²) in [6.45, 7) is 0.475. The number of carbonyl (C=O) groups is 2. The van der Waals surface area contributed by atoms with Crippen LogP contribution in [0.15, 0.2) is 48.8 Å². The average molecular weight is 365 g/mol. The van der Waals surface area contributed by atoms with Gasteiger partial charge in [0.15, 0.2) is 0 Å². The molecule has 142 valence electrons. The molecule has 5 nitrogen and oxygen atoms in total. The molecule has 1 saturated carbocycles. The minimum absolute atomic E-state index is 0.104. The van der Waals surface area contributed by atoms with Crippen LogP contribution in [0.25, 0.3) is 0 Å². The van der Waals surface area contributed by atoms with Crippen molar-refractivity contribution >= 4 is 17.5 Å². The second kappa shape index (κ2) is 9.86. The highest BCUT2D eigenvalue weighted by Crippen LogP contribution is 2.27. The Morgan fingerprint density at radius 2 is 1.81 bits per heavy atom. The van der Waals surface area contributed by atoms with Crippen molar-refractivity contribution in [3.8, 4) is 0 Å². The first kappa shape index (κ1) is 19.1. The molecule has 0 atom stereocenters. The number of amides is 2. The van der Waals surface area contributed by atoms with Crippen molar-refractivity contribution in [2.45, 2.75) is 51.5 Å². The predicted octanol–water partition coefficient (Wildman–Crippen LogP) is 4.31. The molecule has 1 aromatic heterocycles. The molecule has 1 aliphatic rings. The highest BCUT2D eigenvalue weighted by atomic mass is 16.2. The molecular weight excluding hydrogens is 338 g/mol. The van der Waals surface area contributed by atoms with E-state index in [-0.39, 0.29) is 11.8 Å². The van der Waals surface area contributed by atoms with Crippen LogP contribution in [0.4, 0.5) is 5.69 Å². The summed E-state index contributed by atoms with van der Waals surface area (Å²) in [6.07, 6.45) is 11.3. The van der Waals surface area contributed by atoms with Crippen LogP contribution in [-0.2, 0) is 11.3 Å². The molecule has 2 aromatic rings. The van der Waals surface area contributed by atoms with E-state index < -0.39 is 0 Å². The molecule has 0 saturated heterocycles. The molecule has 5 heteroatoms. The molecular formula is C22H27N3O2. The number of nitrogens with one attached hydrogen (secondary N) is 2. The van der Waals surface area contributed by atoms with Crippen LogP contribution in [0.5, 0.6) is 0 Å². The van der Waals surface area contributed by atoms with Crippen molar-refractivity contribution in [1.29, 1.82) is 0 Å². The summed E-state index contributed by atoms with van der Waals surface area (Å²) in [5, 5.41) is 5.87. The Kier molecular flexibility index (Phi) is 6.97. The molecule has 2 N–H and O–H groups in total. The Morgan fingerprint density at radius 1 is 1.04 bits per heavy atom. The van der Waals surface area contributed by atoms with E-state index in [4.69, 9.17) is 0 Å². The van der Waals surface area contributed by atoms with Crippen LogP contribution in [0, 0.1) is 5.92 Å². The zero-order valence-corrected chi connectivity index (χ0v) is 15.6. The third-order valence-corrected chi connectivity index (χ3v) is 5.12. The van der Waals surface area contributed by atoms with Gasteiger partial charge < -0.3 is 10.6 Å². The molecule has 0 radical (unpaired) electrons. The summed E-state index contributed by atoms with van der Waals surface area (Å²) >= 11 is 0. The largest absolute Gasteiger partial charge is 0.352 e. The lowest BCUT2D eigenvalue weighted by Crippen LogP contribution is -2.23. The lowest BCUT2D eigenvalue weighted by molar-refractivity contribution is -0.121. The Balaban J connectivity index is 1.45. The maximum atomic E-state index is 12.2. The molecule has 1 fully saturated rings. The minimum atomic E-state index is -0.175. The summed E-state index contributed by atoms with van der Waals surface area (Å²) in [5.41, 5.74) is 2.24. The van der Waals surface area contributed by atoms with Crippen molar-refractivity contribution in [3.05, 3.63) is 59.9 Å². The number of anilines is 1. The van der Waals surface area contributed by atoms with Crippen molar-refractivity contribution < 1.29 is 9.59 Å². The van der Waals surface area contributed by atoms with Crippen molar-refractivity contribution in [2.24, 2.45) is 5.92 Å². The third kappa shape index (κ3) is 6.20. The van der Waals surface area contributed by atoms with E-state index in [9.17, 15) is 9.59 Å². The van der Waals surface area contributed by atoms with Crippen molar-refractivity contribution in [2.75, 3.05) is 5.32 Å². The van der Waals surface area contributed by atoms with Gasteiger partial charge in [-0.1, -0.05) is 44.2 Å². The number of aromatic nitrogens is 1. The molecule has 0 spiro atoms. The second-order valence-corrected chi connectivity index (χ2v) is 7.21. The van der Waals surface area contributed by atoms with Crippen LogP contribution in [0.1, 0.15) is 60.9 Å². The predicted molar refractivity (Wildman–Crippen MR) is 106 cm³/mol. The number of pyridine rings is 1. The van der Waals surface area contributed by atoms with Gasteiger partial charge in [0.1, 0.15) is 0 Å². The quantitative estimate of drug-likeness (QED) is 0.768. The summed E-state index contributed by atoms with van der Waals surface area (Å²) in [6, 6.07) is 10.9. The van der Waals surface area contributed by atoms with E-state index >= 15 is 0 Å². The van der Waals surface area contributed by atoms with E-state index in [1.54, 1.807) is 24.5 Å². The van der Waals surface area contributed by atoms with Gasteiger partial charge in [-0.05, 0) is 42.2 Å². The van der Waals surface area contributed by atoms with E-state index in [0.29, 0.717) is 24.2 Å². The Bertz CT molecular complexity index is 755. The molecule has 1 aliphatic carbocycles. The molecule has 27 heavy (non-hydrogen) atoms. The van der Waals surface area contributed by atoms with E-state index in [1.807, 2.05) is 24.3 Å². The summed E-state index contributed by atoms with van der Waals surface area (Å²) in [4.78, 5) is 28.3. The monoisotopic (exact) mass is 365 g/mol. The van der Waals surface area contributed by atoms with Gasteiger partial charge in [-0.3, -0.25) is 14.6 Å². The van der Waals surface area contributed by atoms with Gasteiger partial charge in [0.2, 0.25) is 5.91 Å². The average Bonchev–Trinajstić information content (AvgIpc) is 2.72.